The van der Waals surface area contributed by atoms with E-state index in [2.05, 4.69) is 27.4 Å². The lowest BCUT2D eigenvalue weighted by Gasteiger charge is -2.11. The van der Waals surface area contributed by atoms with Crippen molar-refractivity contribution in [3.05, 3.63) is 77.6 Å². The predicted octanol–water partition coefficient (Wildman–Crippen LogP) is 3.75. The molecule has 172 valence electrons. The van der Waals surface area contributed by atoms with Gasteiger partial charge in [0, 0.05) is 17.8 Å². The standard InChI is InChI=1S/C24H27N5O3S/c1-5-13-29-21(14-25-23(31)18-9-11-19(32-4)12-10-18)27-28-24(29)33-15-22(30)26-20-8-6-7-16(2)17(20)3/h5-12H,1,13-15H2,2-4H3,(H,25,31)(H,26,30). The van der Waals surface area contributed by atoms with E-state index in [4.69, 9.17) is 4.74 Å². The molecule has 33 heavy (non-hydrogen) atoms. The zero-order valence-electron chi connectivity index (χ0n) is 18.9. The Kier molecular flexibility index (Phi) is 8.26. The predicted molar refractivity (Wildman–Crippen MR) is 130 cm³/mol. The van der Waals surface area contributed by atoms with E-state index in [-0.39, 0.29) is 24.1 Å². The number of rotatable bonds is 10. The van der Waals surface area contributed by atoms with Crippen LogP contribution in [0.5, 0.6) is 5.75 Å². The van der Waals surface area contributed by atoms with E-state index in [1.807, 2.05) is 36.6 Å². The molecule has 0 aliphatic carbocycles. The third-order valence-corrected chi connectivity index (χ3v) is 6.04. The van der Waals surface area contributed by atoms with E-state index in [0.717, 1.165) is 16.8 Å². The fraction of sp³-hybridized carbons (Fsp3) is 0.250. The number of nitrogens with zero attached hydrogens (tertiary/aromatic N) is 3. The summed E-state index contributed by atoms with van der Waals surface area (Å²) in [6.07, 6.45) is 1.72. The molecule has 2 amide bonds. The molecule has 1 heterocycles. The van der Waals surface area contributed by atoms with E-state index in [0.29, 0.717) is 28.8 Å². The van der Waals surface area contributed by atoms with E-state index in [9.17, 15) is 9.59 Å². The maximum absolute atomic E-state index is 12.5. The van der Waals surface area contributed by atoms with Crippen molar-refractivity contribution in [2.45, 2.75) is 32.1 Å². The summed E-state index contributed by atoms with van der Waals surface area (Å²) >= 11 is 1.28. The summed E-state index contributed by atoms with van der Waals surface area (Å²) in [6.45, 7) is 8.42. The van der Waals surface area contributed by atoms with Crippen LogP contribution in [-0.4, -0.2) is 39.4 Å². The number of benzene rings is 2. The van der Waals surface area contributed by atoms with Crippen molar-refractivity contribution in [3.8, 4) is 5.75 Å². The number of nitrogens with one attached hydrogen (secondary N) is 2. The van der Waals surface area contributed by atoms with Crippen molar-refractivity contribution in [2.24, 2.45) is 0 Å². The number of hydrogen-bond donors (Lipinski definition) is 2. The first kappa shape index (κ1) is 24.1. The van der Waals surface area contributed by atoms with Gasteiger partial charge in [-0.25, -0.2) is 0 Å². The highest BCUT2D eigenvalue weighted by Gasteiger charge is 2.15. The van der Waals surface area contributed by atoms with Crippen molar-refractivity contribution >= 4 is 29.3 Å². The normalized spacial score (nSPS) is 10.5. The average molecular weight is 466 g/mol. The number of ether oxygens (including phenoxy) is 1. The molecule has 3 rings (SSSR count). The number of carbonyl (C=O) groups excluding carboxylic acids is 2. The van der Waals surface area contributed by atoms with Gasteiger partial charge in [0.15, 0.2) is 11.0 Å². The SMILES string of the molecule is C=CCn1c(CNC(=O)c2ccc(OC)cc2)nnc1SCC(=O)Nc1cccc(C)c1C. The highest BCUT2D eigenvalue weighted by molar-refractivity contribution is 7.99. The largest absolute Gasteiger partial charge is 0.497 e. The Morgan fingerprint density at radius 1 is 1.15 bits per heavy atom. The summed E-state index contributed by atoms with van der Waals surface area (Å²) < 4.78 is 6.94. The molecular formula is C24H27N5O3S. The van der Waals surface area contributed by atoms with Gasteiger partial charge in [-0.1, -0.05) is 30.0 Å². The lowest BCUT2D eigenvalue weighted by molar-refractivity contribution is -0.113. The van der Waals surface area contributed by atoms with Crippen molar-refractivity contribution in [2.75, 3.05) is 18.2 Å². The van der Waals surface area contributed by atoms with Crippen molar-refractivity contribution in [1.82, 2.24) is 20.1 Å². The van der Waals surface area contributed by atoms with E-state index < -0.39 is 0 Å². The average Bonchev–Trinajstić information content (AvgIpc) is 3.21. The number of anilines is 1. The monoisotopic (exact) mass is 465 g/mol. The molecule has 0 atom stereocenters. The van der Waals surface area contributed by atoms with E-state index in [1.54, 1.807) is 37.5 Å². The molecule has 2 aromatic carbocycles. The molecular weight excluding hydrogens is 438 g/mol. The Balaban J connectivity index is 1.61. The molecule has 2 N–H and O–H groups in total. The summed E-state index contributed by atoms with van der Waals surface area (Å²) in [7, 11) is 1.57. The minimum Gasteiger partial charge on any atom is -0.497 e. The summed E-state index contributed by atoms with van der Waals surface area (Å²) in [5.74, 6) is 1.08. The van der Waals surface area contributed by atoms with Crippen LogP contribution < -0.4 is 15.4 Å². The maximum atomic E-state index is 12.5. The molecule has 0 spiro atoms. The summed E-state index contributed by atoms with van der Waals surface area (Å²) in [5, 5.41) is 14.8. The number of hydrogen-bond acceptors (Lipinski definition) is 6. The summed E-state index contributed by atoms with van der Waals surface area (Å²) in [6, 6.07) is 12.6. The zero-order chi connectivity index (χ0) is 23.8. The second-order valence-corrected chi connectivity index (χ2v) is 8.24. The van der Waals surface area contributed by atoms with Gasteiger partial charge in [-0.2, -0.15) is 0 Å². The molecule has 8 nitrogen and oxygen atoms in total. The molecule has 0 saturated heterocycles. The van der Waals surface area contributed by atoms with Gasteiger partial charge in [0.1, 0.15) is 5.75 Å². The van der Waals surface area contributed by atoms with Gasteiger partial charge in [0.2, 0.25) is 5.91 Å². The quantitative estimate of drug-likeness (QED) is 0.350. The number of amides is 2. The number of thioether (sulfide) groups is 1. The maximum Gasteiger partial charge on any atom is 0.251 e. The molecule has 0 aliphatic rings. The Labute approximate surface area is 197 Å². The van der Waals surface area contributed by atoms with Crippen LogP contribution in [-0.2, 0) is 17.9 Å². The van der Waals surface area contributed by atoms with Crippen molar-refractivity contribution in [1.29, 1.82) is 0 Å². The fourth-order valence-corrected chi connectivity index (χ4v) is 3.84. The first-order valence-electron chi connectivity index (χ1n) is 10.4. The Morgan fingerprint density at radius 3 is 2.61 bits per heavy atom. The fourth-order valence-electron chi connectivity index (χ4n) is 3.08. The minimum absolute atomic E-state index is 0.129. The Hall–Kier alpha value is -3.59. The molecule has 0 bridgehead atoms. The van der Waals surface area contributed by atoms with Gasteiger partial charge >= 0.3 is 0 Å². The number of allylic oxidation sites excluding steroid dienone is 1. The van der Waals surface area contributed by atoms with Crippen LogP contribution in [0.4, 0.5) is 5.69 Å². The zero-order valence-corrected chi connectivity index (χ0v) is 19.7. The van der Waals surface area contributed by atoms with Crippen LogP contribution in [0, 0.1) is 13.8 Å². The second-order valence-electron chi connectivity index (χ2n) is 7.29. The molecule has 9 heteroatoms. The first-order chi connectivity index (χ1) is 15.9. The van der Waals surface area contributed by atoms with Gasteiger partial charge in [-0.15, -0.1) is 16.8 Å². The second kappa shape index (κ2) is 11.3. The molecule has 0 aliphatic heterocycles. The van der Waals surface area contributed by atoms with E-state index in [1.165, 1.54) is 11.8 Å². The van der Waals surface area contributed by atoms with Crippen LogP contribution in [0.25, 0.3) is 0 Å². The Bertz CT molecular complexity index is 1140. The van der Waals surface area contributed by atoms with Gasteiger partial charge < -0.3 is 19.9 Å². The Morgan fingerprint density at radius 2 is 1.91 bits per heavy atom. The van der Waals surface area contributed by atoms with E-state index >= 15 is 0 Å². The van der Waals surface area contributed by atoms with Gasteiger partial charge in [0.25, 0.3) is 5.91 Å². The summed E-state index contributed by atoms with van der Waals surface area (Å²) in [4.78, 5) is 24.9. The van der Waals surface area contributed by atoms with Crippen LogP contribution in [0.1, 0.15) is 27.3 Å². The lowest BCUT2D eigenvalue weighted by Crippen LogP contribution is -2.24. The van der Waals surface area contributed by atoms with Crippen LogP contribution in [0.2, 0.25) is 0 Å². The topological polar surface area (TPSA) is 98.1 Å². The van der Waals surface area contributed by atoms with Gasteiger partial charge in [0.05, 0.1) is 19.4 Å². The minimum atomic E-state index is -0.229. The molecule has 0 saturated carbocycles. The van der Waals surface area contributed by atoms with Crippen molar-refractivity contribution < 1.29 is 14.3 Å². The number of aryl methyl sites for hydroxylation is 1. The van der Waals surface area contributed by atoms with Gasteiger partial charge in [-0.3, -0.25) is 9.59 Å². The third-order valence-electron chi connectivity index (χ3n) is 5.08. The molecule has 0 unspecified atom stereocenters. The smallest absolute Gasteiger partial charge is 0.251 e. The molecule has 3 aromatic rings. The highest BCUT2D eigenvalue weighted by atomic mass is 32.2. The van der Waals surface area contributed by atoms with Gasteiger partial charge in [-0.05, 0) is 55.3 Å². The van der Waals surface area contributed by atoms with Crippen LogP contribution >= 0.6 is 11.8 Å². The summed E-state index contributed by atoms with van der Waals surface area (Å²) in [5.41, 5.74) is 3.48. The van der Waals surface area contributed by atoms with Crippen molar-refractivity contribution in [3.63, 3.8) is 0 Å². The molecule has 0 fully saturated rings. The van der Waals surface area contributed by atoms with Crippen LogP contribution in [0.3, 0.4) is 0 Å². The third kappa shape index (κ3) is 6.23. The molecule has 0 radical (unpaired) electrons. The number of methoxy groups -OCH3 is 1. The first-order valence-corrected chi connectivity index (χ1v) is 11.4. The number of carbonyl (C=O) groups is 2. The highest BCUT2D eigenvalue weighted by Crippen LogP contribution is 2.21. The number of aromatic nitrogens is 3. The van der Waals surface area contributed by atoms with Crippen LogP contribution in [0.15, 0.2) is 60.3 Å². The molecule has 1 aromatic heterocycles. The lowest BCUT2D eigenvalue weighted by atomic mass is 10.1.